The maximum atomic E-state index is 12.4. The standard InChI is InChI=1S/C23H20F3N3O2.C2H6/c1-5-11-29(4)22-15(3)19(12-17(20(22)13-27)14-28-21(30)6-2)16-7-9-18(10-8-16)31-23(24,25)26;1-2/h6-10,12H,2,14H2,1,3-4H3,(H,28,30);1-2H3. The van der Waals surface area contributed by atoms with Crippen LogP contribution in [0.1, 0.15) is 37.5 Å². The number of hydrogen-bond acceptors (Lipinski definition) is 4. The molecule has 2 aromatic carbocycles. The van der Waals surface area contributed by atoms with E-state index in [4.69, 9.17) is 0 Å². The highest BCUT2D eigenvalue weighted by Crippen LogP contribution is 2.36. The summed E-state index contributed by atoms with van der Waals surface area (Å²) in [5.41, 5.74) is 3.44. The molecule has 0 saturated carbocycles. The third-order valence-corrected chi connectivity index (χ3v) is 4.40. The first-order chi connectivity index (χ1) is 15.6. The lowest BCUT2D eigenvalue weighted by molar-refractivity contribution is -0.274. The molecule has 0 aliphatic heterocycles. The molecule has 0 unspecified atom stereocenters. The van der Waals surface area contributed by atoms with Crippen LogP contribution >= 0.6 is 0 Å². The van der Waals surface area contributed by atoms with Crippen molar-refractivity contribution in [2.45, 2.75) is 40.6 Å². The van der Waals surface area contributed by atoms with Crippen molar-refractivity contribution in [2.24, 2.45) is 0 Å². The van der Waals surface area contributed by atoms with E-state index >= 15 is 0 Å². The molecule has 0 radical (unpaired) electrons. The van der Waals surface area contributed by atoms with Gasteiger partial charge in [0, 0.05) is 19.6 Å². The lowest BCUT2D eigenvalue weighted by Gasteiger charge is -2.22. The van der Waals surface area contributed by atoms with Crippen LogP contribution in [-0.2, 0) is 11.3 Å². The molecule has 5 nitrogen and oxygen atoms in total. The van der Waals surface area contributed by atoms with Gasteiger partial charge in [0.2, 0.25) is 5.91 Å². The molecule has 0 aliphatic rings. The highest BCUT2D eigenvalue weighted by atomic mass is 19.4. The number of hydrogen-bond donors (Lipinski definition) is 1. The second-order valence-electron chi connectivity index (χ2n) is 6.46. The average Bonchev–Trinajstić information content (AvgIpc) is 2.78. The monoisotopic (exact) mass is 457 g/mol. The van der Waals surface area contributed by atoms with E-state index in [-0.39, 0.29) is 12.3 Å². The summed E-state index contributed by atoms with van der Waals surface area (Å²) in [5.74, 6) is 2.03. The Morgan fingerprint density at radius 2 is 1.88 bits per heavy atom. The largest absolute Gasteiger partial charge is 0.573 e. The Morgan fingerprint density at radius 3 is 2.36 bits per heavy atom. The molecule has 0 bridgehead atoms. The summed E-state index contributed by atoms with van der Waals surface area (Å²) in [7, 11) is 1.70. The minimum absolute atomic E-state index is 0.0662. The van der Waals surface area contributed by atoms with Crippen molar-refractivity contribution in [1.82, 2.24) is 5.32 Å². The van der Waals surface area contributed by atoms with Crippen LogP contribution in [0.3, 0.4) is 0 Å². The van der Waals surface area contributed by atoms with Crippen molar-refractivity contribution in [3.8, 4) is 34.9 Å². The molecule has 0 aromatic heterocycles. The number of halogens is 3. The lowest BCUT2D eigenvalue weighted by atomic mass is 9.92. The number of anilines is 1. The summed E-state index contributed by atoms with van der Waals surface area (Å²) in [6.45, 7) is 10.9. The van der Waals surface area contributed by atoms with Gasteiger partial charge in [-0.25, -0.2) is 0 Å². The number of rotatable bonds is 6. The fourth-order valence-electron chi connectivity index (χ4n) is 3.12. The van der Waals surface area contributed by atoms with Gasteiger partial charge >= 0.3 is 6.36 Å². The van der Waals surface area contributed by atoms with Crippen LogP contribution in [0.4, 0.5) is 18.9 Å². The number of carbonyl (C=O) groups is 1. The van der Waals surface area contributed by atoms with E-state index in [1.807, 2.05) is 13.8 Å². The smallest absolute Gasteiger partial charge is 0.406 e. The number of benzene rings is 2. The Balaban J connectivity index is 0.00000265. The first-order valence-corrected chi connectivity index (χ1v) is 10.1. The van der Waals surface area contributed by atoms with Crippen molar-refractivity contribution in [3.05, 3.63) is 59.7 Å². The molecule has 174 valence electrons. The zero-order valence-corrected chi connectivity index (χ0v) is 19.2. The van der Waals surface area contributed by atoms with Crippen LogP contribution in [0.15, 0.2) is 43.0 Å². The Labute approximate surface area is 192 Å². The van der Waals surface area contributed by atoms with E-state index in [1.54, 1.807) is 31.9 Å². The van der Waals surface area contributed by atoms with Crippen LogP contribution in [0, 0.1) is 30.2 Å². The van der Waals surface area contributed by atoms with Crippen molar-refractivity contribution in [2.75, 3.05) is 11.9 Å². The summed E-state index contributed by atoms with van der Waals surface area (Å²) in [6, 6.07) is 12.2. The number of nitriles is 1. The molecular formula is C25H26F3N3O2. The minimum Gasteiger partial charge on any atom is -0.406 e. The Bertz CT molecular complexity index is 1090. The molecule has 33 heavy (non-hydrogen) atoms. The van der Waals surface area contributed by atoms with Crippen LogP contribution in [0.25, 0.3) is 11.1 Å². The second kappa shape index (κ2) is 12.2. The number of nitrogens with zero attached hydrogens (tertiary/aromatic N) is 2. The summed E-state index contributed by atoms with van der Waals surface area (Å²) >= 11 is 0. The average molecular weight is 457 g/mol. The Kier molecular flexibility index (Phi) is 10.0. The van der Waals surface area contributed by atoms with Crippen LogP contribution in [-0.4, -0.2) is 19.3 Å². The molecule has 0 aliphatic carbocycles. The van der Waals surface area contributed by atoms with Crippen LogP contribution in [0.5, 0.6) is 5.75 Å². The van der Waals surface area contributed by atoms with Crippen LogP contribution in [0.2, 0.25) is 0 Å². The van der Waals surface area contributed by atoms with E-state index in [1.165, 1.54) is 24.3 Å². The second-order valence-corrected chi connectivity index (χ2v) is 6.46. The fourth-order valence-corrected chi connectivity index (χ4v) is 3.12. The van der Waals surface area contributed by atoms with Gasteiger partial charge in [-0.15, -0.1) is 13.2 Å². The van der Waals surface area contributed by atoms with E-state index in [0.717, 1.165) is 6.08 Å². The molecule has 0 heterocycles. The molecule has 0 saturated heterocycles. The molecule has 2 aromatic rings. The topological polar surface area (TPSA) is 65.4 Å². The predicted molar refractivity (Wildman–Crippen MR) is 123 cm³/mol. The number of carbonyl (C=O) groups excluding carboxylic acids is 1. The summed E-state index contributed by atoms with van der Waals surface area (Å²) in [5, 5.41) is 12.4. The molecule has 1 amide bonds. The molecule has 0 fully saturated rings. The SMILES string of the molecule is C=CC(=O)NCc1cc(-c2ccc(OC(F)(F)F)cc2)c(C)c(N(C)C#CC)c1C#N.CC. The molecule has 8 heteroatoms. The number of nitrogens with one attached hydrogen (secondary N) is 1. The van der Waals surface area contributed by atoms with Gasteiger partial charge in [-0.1, -0.05) is 38.5 Å². The van der Waals surface area contributed by atoms with Gasteiger partial charge in [-0.3, -0.25) is 4.79 Å². The third kappa shape index (κ3) is 7.33. The van der Waals surface area contributed by atoms with Gasteiger partial charge in [0.15, 0.2) is 0 Å². The van der Waals surface area contributed by atoms with Gasteiger partial charge in [-0.05, 0) is 60.4 Å². The van der Waals surface area contributed by atoms with Crippen molar-refractivity contribution in [3.63, 3.8) is 0 Å². The van der Waals surface area contributed by atoms with Crippen molar-refractivity contribution >= 4 is 11.6 Å². The third-order valence-electron chi connectivity index (χ3n) is 4.40. The number of amides is 1. The van der Waals surface area contributed by atoms with Crippen molar-refractivity contribution in [1.29, 1.82) is 5.26 Å². The highest BCUT2D eigenvalue weighted by Gasteiger charge is 2.31. The maximum absolute atomic E-state index is 12.4. The normalized spacial score (nSPS) is 9.91. The summed E-state index contributed by atoms with van der Waals surface area (Å²) in [4.78, 5) is 13.2. The molecule has 1 N–H and O–H groups in total. The molecule has 2 rings (SSSR count). The fraction of sp³-hybridized carbons (Fsp3) is 0.280. The lowest BCUT2D eigenvalue weighted by Crippen LogP contribution is -2.22. The van der Waals surface area contributed by atoms with E-state index in [2.05, 4.69) is 34.7 Å². The van der Waals surface area contributed by atoms with Gasteiger partial charge in [0.05, 0.1) is 11.3 Å². The van der Waals surface area contributed by atoms with Gasteiger partial charge in [0.25, 0.3) is 0 Å². The maximum Gasteiger partial charge on any atom is 0.573 e. The van der Waals surface area contributed by atoms with Crippen LogP contribution < -0.4 is 15.0 Å². The quantitative estimate of drug-likeness (QED) is 0.344. The zero-order chi connectivity index (χ0) is 25.2. The number of alkyl halides is 3. The first kappa shape index (κ1) is 27.1. The molecular weight excluding hydrogens is 431 g/mol. The van der Waals surface area contributed by atoms with Crippen molar-refractivity contribution < 1.29 is 22.7 Å². The van der Waals surface area contributed by atoms with Gasteiger partial charge < -0.3 is 15.0 Å². The zero-order valence-electron chi connectivity index (χ0n) is 19.2. The first-order valence-electron chi connectivity index (χ1n) is 10.1. The Hall–Kier alpha value is -3.91. The summed E-state index contributed by atoms with van der Waals surface area (Å²) < 4.78 is 41.3. The Morgan fingerprint density at radius 1 is 1.27 bits per heavy atom. The predicted octanol–water partition coefficient (Wildman–Crippen LogP) is 5.68. The highest BCUT2D eigenvalue weighted by molar-refractivity contribution is 5.87. The summed E-state index contributed by atoms with van der Waals surface area (Å²) in [6.07, 6.45) is -3.66. The van der Waals surface area contributed by atoms with Gasteiger partial charge in [0.1, 0.15) is 11.8 Å². The minimum atomic E-state index is -4.78. The number of ether oxygens (including phenoxy) is 1. The van der Waals surface area contributed by atoms with E-state index in [9.17, 15) is 23.2 Å². The molecule has 0 spiro atoms. The van der Waals surface area contributed by atoms with Gasteiger partial charge in [-0.2, -0.15) is 5.26 Å². The molecule has 0 atom stereocenters. The van der Waals surface area contributed by atoms with E-state index in [0.29, 0.717) is 33.5 Å². The van der Waals surface area contributed by atoms with E-state index < -0.39 is 12.3 Å².